The topological polar surface area (TPSA) is 78.9 Å². The highest BCUT2D eigenvalue weighted by Gasteiger charge is 2.19. The monoisotopic (exact) mass is 1110 g/mol. The smallest absolute Gasteiger partial charge is 0.306 e. The second-order valence-electron chi connectivity index (χ2n) is 22.7. The van der Waals surface area contributed by atoms with Gasteiger partial charge in [0.1, 0.15) is 13.2 Å². The van der Waals surface area contributed by atoms with Crippen LogP contribution in [0.2, 0.25) is 0 Å². The van der Waals surface area contributed by atoms with Crippen molar-refractivity contribution >= 4 is 17.9 Å². The number of hydrogen-bond donors (Lipinski definition) is 0. The van der Waals surface area contributed by atoms with Gasteiger partial charge in [-0.2, -0.15) is 0 Å². The second-order valence-corrected chi connectivity index (χ2v) is 22.7. The van der Waals surface area contributed by atoms with Crippen LogP contribution in [0.5, 0.6) is 0 Å². The van der Waals surface area contributed by atoms with E-state index in [9.17, 15) is 14.4 Å². The Labute approximate surface area is 496 Å². The molecular formula is C74H128O6. The summed E-state index contributed by atoms with van der Waals surface area (Å²) in [7, 11) is 0. The van der Waals surface area contributed by atoms with Crippen molar-refractivity contribution in [3.05, 3.63) is 97.2 Å². The molecule has 0 aliphatic rings. The highest BCUT2D eigenvalue weighted by Crippen LogP contribution is 2.17. The van der Waals surface area contributed by atoms with E-state index in [0.717, 1.165) is 109 Å². The minimum absolute atomic E-state index is 0.0769. The van der Waals surface area contributed by atoms with Crippen LogP contribution in [-0.2, 0) is 28.6 Å². The number of carbonyl (C=O) groups is 3. The van der Waals surface area contributed by atoms with Crippen LogP contribution in [0.15, 0.2) is 97.2 Å². The minimum atomic E-state index is -0.777. The van der Waals surface area contributed by atoms with Crippen LogP contribution >= 0.6 is 0 Å². The Bertz CT molecular complexity index is 1560. The molecule has 0 aromatic rings. The zero-order valence-corrected chi connectivity index (χ0v) is 52.8. The first-order valence-electron chi connectivity index (χ1n) is 34.2. The lowest BCUT2D eigenvalue weighted by Crippen LogP contribution is -2.30. The van der Waals surface area contributed by atoms with Crippen LogP contribution in [0.25, 0.3) is 0 Å². The van der Waals surface area contributed by atoms with Gasteiger partial charge in [0.05, 0.1) is 0 Å². The zero-order valence-electron chi connectivity index (χ0n) is 52.8. The van der Waals surface area contributed by atoms with Gasteiger partial charge in [0.25, 0.3) is 0 Å². The summed E-state index contributed by atoms with van der Waals surface area (Å²) in [5.41, 5.74) is 0. The Morgan fingerprint density at radius 2 is 0.487 bits per heavy atom. The van der Waals surface area contributed by atoms with Crippen molar-refractivity contribution in [2.24, 2.45) is 0 Å². The minimum Gasteiger partial charge on any atom is -0.462 e. The average molecular weight is 1110 g/mol. The highest BCUT2D eigenvalue weighted by atomic mass is 16.6. The van der Waals surface area contributed by atoms with E-state index in [0.29, 0.717) is 19.3 Å². The van der Waals surface area contributed by atoms with E-state index < -0.39 is 6.10 Å². The molecular weight excluding hydrogens is 985 g/mol. The SMILES string of the molecule is CC/C=C\C/C=C\C/C=C\C/C=C\C/C=C\C/C=C\C/C=C\CCCCCCCCCCCC(=O)OCC(COC(=O)CCCCCCCC)OC(=O)CCCCCCCCCCCCCCC/C=C\CCCCCCCCCC. The van der Waals surface area contributed by atoms with Gasteiger partial charge in [-0.1, -0.05) is 311 Å². The van der Waals surface area contributed by atoms with E-state index in [2.05, 4.69) is 118 Å². The van der Waals surface area contributed by atoms with E-state index in [1.807, 2.05) is 0 Å². The lowest BCUT2D eigenvalue weighted by atomic mass is 10.0. The van der Waals surface area contributed by atoms with Gasteiger partial charge < -0.3 is 14.2 Å². The van der Waals surface area contributed by atoms with Gasteiger partial charge in [0.15, 0.2) is 6.10 Å². The molecule has 0 aliphatic heterocycles. The largest absolute Gasteiger partial charge is 0.462 e. The van der Waals surface area contributed by atoms with E-state index >= 15 is 0 Å². The van der Waals surface area contributed by atoms with Gasteiger partial charge in [0, 0.05) is 19.3 Å². The van der Waals surface area contributed by atoms with Crippen molar-refractivity contribution in [2.45, 2.75) is 341 Å². The third-order valence-corrected chi connectivity index (χ3v) is 14.8. The van der Waals surface area contributed by atoms with Gasteiger partial charge in [0.2, 0.25) is 0 Å². The molecule has 6 nitrogen and oxygen atoms in total. The molecule has 80 heavy (non-hydrogen) atoms. The van der Waals surface area contributed by atoms with Crippen molar-refractivity contribution < 1.29 is 28.6 Å². The maximum Gasteiger partial charge on any atom is 0.306 e. The lowest BCUT2D eigenvalue weighted by molar-refractivity contribution is -0.167. The summed E-state index contributed by atoms with van der Waals surface area (Å²) in [6.45, 7) is 6.49. The summed E-state index contributed by atoms with van der Waals surface area (Å²) in [5.74, 6) is -0.881. The predicted molar refractivity (Wildman–Crippen MR) is 348 cm³/mol. The molecule has 0 saturated carbocycles. The molecule has 0 spiro atoms. The average Bonchev–Trinajstić information content (AvgIpc) is 3.46. The van der Waals surface area contributed by atoms with Crippen molar-refractivity contribution in [3.8, 4) is 0 Å². The maximum absolute atomic E-state index is 12.9. The molecule has 0 bridgehead atoms. The standard InChI is InChI=1S/C74H128O6/c1-4-7-10-13-16-18-20-22-24-26-28-30-32-34-35-36-37-38-39-41-42-44-46-48-50-52-54-56-58-61-64-67-73(76)79-70-71(69-78-72(75)66-63-60-15-12-9-6-3)80-74(77)68-65-62-59-57-55-53-51-49-47-45-43-40-33-31-29-27-25-23-21-19-17-14-11-8-5-2/h7,10,16,18,22,24,27-30,34-35,37-38,41-42,71H,4-6,8-9,11-15,17,19-21,23,25-26,31-33,36,39-40,43-70H2,1-3H3/b10-7-,18-16-,24-22-,29-27-,30-28-,35-34-,38-37-,42-41-. The molecule has 0 rings (SSSR count). The van der Waals surface area contributed by atoms with E-state index in [1.54, 1.807) is 0 Å². The van der Waals surface area contributed by atoms with E-state index in [1.165, 1.54) is 186 Å². The molecule has 0 radical (unpaired) electrons. The fraction of sp³-hybridized carbons (Fsp3) is 0.743. The molecule has 0 aliphatic carbocycles. The molecule has 0 amide bonds. The van der Waals surface area contributed by atoms with Crippen LogP contribution in [0.1, 0.15) is 335 Å². The van der Waals surface area contributed by atoms with E-state index in [4.69, 9.17) is 14.2 Å². The molecule has 1 unspecified atom stereocenters. The van der Waals surface area contributed by atoms with E-state index in [-0.39, 0.29) is 31.1 Å². The Balaban J connectivity index is 4.07. The third-order valence-electron chi connectivity index (χ3n) is 14.8. The molecule has 0 fully saturated rings. The first kappa shape index (κ1) is 76.3. The van der Waals surface area contributed by atoms with Crippen molar-refractivity contribution in [2.75, 3.05) is 13.2 Å². The van der Waals surface area contributed by atoms with Crippen LogP contribution in [0.3, 0.4) is 0 Å². The number of carbonyl (C=O) groups excluding carboxylic acids is 3. The Hall–Kier alpha value is -3.67. The molecule has 1 atom stereocenters. The van der Waals surface area contributed by atoms with Gasteiger partial charge >= 0.3 is 17.9 Å². The molecule has 0 aromatic carbocycles. The summed E-state index contributed by atoms with van der Waals surface area (Å²) in [5, 5.41) is 0. The predicted octanol–water partition coefficient (Wildman–Crippen LogP) is 23.6. The summed E-state index contributed by atoms with van der Waals surface area (Å²) in [6, 6.07) is 0. The summed E-state index contributed by atoms with van der Waals surface area (Å²) in [4.78, 5) is 38.1. The van der Waals surface area contributed by atoms with Gasteiger partial charge in [-0.25, -0.2) is 0 Å². The van der Waals surface area contributed by atoms with Crippen LogP contribution in [-0.4, -0.2) is 37.2 Å². The summed E-state index contributed by atoms with van der Waals surface area (Å²) in [6.07, 6.45) is 91.8. The molecule has 0 N–H and O–H groups in total. The van der Waals surface area contributed by atoms with Gasteiger partial charge in [-0.3, -0.25) is 14.4 Å². The van der Waals surface area contributed by atoms with Crippen molar-refractivity contribution in [1.82, 2.24) is 0 Å². The molecule has 0 saturated heterocycles. The molecule has 0 heterocycles. The second kappa shape index (κ2) is 67.8. The van der Waals surface area contributed by atoms with Crippen LogP contribution in [0, 0.1) is 0 Å². The lowest BCUT2D eigenvalue weighted by Gasteiger charge is -2.18. The Morgan fingerprint density at radius 1 is 0.263 bits per heavy atom. The fourth-order valence-corrected chi connectivity index (χ4v) is 9.71. The van der Waals surface area contributed by atoms with Crippen LogP contribution < -0.4 is 0 Å². The quantitative estimate of drug-likeness (QED) is 0.0261. The molecule has 0 aromatic heterocycles. The number of unbranched alkanes of at least 4 members (excludes halogenated alkanes) is 35. The highest BCUT2D eigenvalue weighted by molar-refractivity contribution is 5.71. The third kappa shape index (κ3) is 65.1. The van der Waals surface area contributed by atoms with Crippen molar-refractivity contribution in [3.63, 3.8) is 0 Å². The first-order chi connectivity index (χ1) is 39.5. The number of esters is 3. The summed E-state index contributed by atoms with van der Waals surface area (Å²) >= 11 is 0. The van der Waals surface area contributed by atoms with Gasteiger partial charge in [-0.05, 0) is 103 Å². The number of rotatable bonds is 62. The fourth-order valence-electron chi connectivity index (χ4n) is 9.71. The number of hydrogen-bond acceptors (Lipinski definition) is 6. The van der Waals surface area contributed by atoms with Gasteiger partial charge in [-0.15, -0.1) is 0 Å². The van der Waals surface area contributed by atoms with Crippen LogP contribution in [0.4, 0.5) is 0 Å². The van der Waals surface area contributed by atoms with Crippen molar-refractivity contribution in [1.29, 1.82) is 0 Å². The molecule has 460 valence electrons. The Morgan fingerprint density at radius 3 is 0.775 bits per heavy atom. The normalized spacial score (nSPS) is 12.7. The Kier molecular flexibility index (Phi) is 64.7. The maximum atomic E-state index is 12.9. The number of ether oxygens (including phenoxy) is 3. The first-order valence-corrected chi connectivity index (χ1v) is 34.2. The molecule has 6 heteroatoms. The zero-order chi connectivity index (χ0) is 57.8. The summed E-state index contributed by atoms with van der Waals surface area (Å²) < 4.78 is 16.8. The number of allylic oxidation sites excluding steroid dienone is 16.